The van der Waals surface area contributed by atoms with Gasteiger partial charge in [-0.1, -0.05) is 23.8 Å². The number of sulfonamides is 1. The van der Waals surface area contributed by atoms with Crippen molar-refractivity contribution in [2.45, 2.75) is 45.1 Å². The summed E-state index contributed by atoms with van der Waals surface area (Å²) >= 11 is 0. The van der Waals surface area contributed by atoms with E-state index in [9.17, 15) is 22.0 Å². The van der Waals surface area contributed by atoms with E-state index in [4.69, 9.17) is 0 Å². The van der Waals surface area contributed by atoms with Crippen LogP contribution < -0.4 is 10.0 Å². The molecule has 0 heterocycles. The summed E-state index contributed by atoms with van der Waals surface area (Å²) < 4.78 is 54.3. The Balaban J connectivity index is 1.96. The first-order valence-electron chi connectivity index (χ1n) is 8.83. The van der Waals surface area contributed by atoms with E-state index in [0.717, 1.165) is 17.7 Å². The predicted octanol–water partition coefficient (Wildman–Crippen LogP) is 3.44. The van der Waals surface area contributed by atoms with Crippen LogP contribution >= 0.6 is 0 Å². The molecule has 1 amide bonds. The van der Waals surface area contributed by atoms with Gasteiger partial charge in [0.15, 0.2) is 0 Å². The summed E-state index contributed by atoms with van der Waals surface area (Å²) in [4.78, 5) is 12.3. The lowest BCUT2D eigenvalue weighted by Crippen LogP contribution is -2.32. The second kappa shape index (κ2) is 8.79. The molecule has 0 saturated heterocycles. The van der Waals surface area contributed by atoms with E-state index in [1.54, 1.807) is 32.9 Å². The maximum Gasteiger partial charge on any atom is 0.241 e. The molecule has 0 saturated carbocycles. The number of nitrogens with one attached hydrogen (secondary N) is 2. The minimum atomic E-state index is -3.76. The normalized spacial score (nSPS) is 12.6. The van der Waals surface area contributed by atoms with Crippen LogP contribution in [0.25, 0.3) is 0 Å². The highest BCUT2D eigenvalue weighted by Crippen LogP contribution is 2.21. The fourth-order valence-electron chi connectivity index (χ4n) is 3.21. The van der Waals surface area contributed by atoms with E-state index >= 15 is 0 Å². The Labute approximate surface area is 164 Å². The van der Waals surface area contributed by atoms with Gasteiger partial charge in [-0.3, -0.25) is 4.79 Å². The van der Waals surface area contributed by atoms with Crippen molar-refractivity contribution in [2.24, 2.45) is 0 Å². The molecule has 2 N–H and O–H groups in total. The third-order valence-electron chi connectivity index (χ3n) is 4.32. The molecule has 2 rings (SSSR count). The zero-order valence-corrected chi connectivity index (χ0v) is 17.1. The number of rotatable bonds is 7. The zero-order valence-electron chi connectivity index (χ0n) is 16.3. The third kappa shape index (κ3) is 5.36. The lowest BCUT2D eigenvalue weighted by Gasteiger charge is -2.16. The molecule has 28 heavy (non-hydrogen) atoms. The van der Waals surface area contributed by atoms with Crippen LogP contribution in [0, 0.1) is 32.4 Å². The largest absolute Gasteiger partial charge is 0.349 e. The molecule has 1 atom stereocenters. The molecule has 2 aromatic rings. The monoisotopic (exact) mass is 410 g/mol. The lowest BCUT2D eigenvalue weighted by atomic mass is 10.1. The Morgan fingerprint density at radius 1 is 1.07 bits per heavy atom. The molecule has 0 radical (unpaired) electrons. The predicted molar refractivity (Wildman–Crippen MR) is 103 cm³/mol. The second-order valence-corrected chi connectivity index (χ2v) is 8.53. The van der Waals surface area contributed by atoms with Gasteiger partial charge < -0.3 is 5.32 Å². The van der Waals surface area contributed by atoms with E-state index < -0.39 is 33.6 Å². The van der Waals surface area contributed by atoms with Gasteiger partial charge in [-0.05, 0) is 44.9 Å². The topological polar surface area (TPSA) is 75.3 Å². The van der Waals surface area contributed by atoms with Crippen LogP contribution in [0.1, 0.15) is 41.6 Å². The Kier molecular flexibility index (Phi) is 6.90. The number of aryl methyl sites for hydroxylation is 3. The molecular weight excluding hydrogens is 386 g/mol. The highest BCUT2D eigenvalue weighted by atomic mass is 32.2. The number of hydrogen-bond donors (Lipinski definition) is 2. The van der Waals surface area contributed by atoms with Crippen LogP contribution in [0.15, 0.2) is 35.2 Å². The maximum absolute atomic E-state index is 13.8. The fraction of sp³-hybridized carbons (Fsp3) is 0.350. The molecule has 8 heteroatoms. The number of benzene rings is 2. The van der Waals surface area contributed by atoms with Crippen molar-refractivity contribution >= 4 is 15.9 Å². The van der Waals surface area contributed by atoms with Crippen molar-refractivity contribution in [3.8, 4) is 0 Å². The quantitative estimate of drug-likeness (QED) is 0.734. The summed E-state index contributed by atoms with van der Waals surface area (Å²) in [6, 6.07) is 6.02. The van der Waals surface area contributed by atoms with E-state index in [0.29, 0.717) is 11.1 Å². The van der Waals surface area contributed by atoms with Gasteiger partial charge >= 0.3 is 0 Å². The lowest BCUT2D eigenvalue weighted by molar-refractivity contribution is -0.121. The van der Waals surface area contributed by atoms with Gasteiger partial charge in [0.05, 0.1) is 10.9 Å². The molecule has 1 unspecified atom stereocenters. The van der Waals surface area contributed by atoms with Gasteiger partial charge in [-0.2, -0.15) is 0 Å². The van der Waals surface area contributed by atoms with Crippen molar-refractivity contribution in [3.05, 3.63) is 64.2 Å². The summed E-state index contributed by atoms with van der Waals surface area (Å²) in [6.07, 6.45) is -0.115. The highest BCUT2D eigenvalue weighted by molar-refractivity contribution is 7.89. The summed E-state index contributed by atoms with van der Waals surface area (Å²) in [5.41, 5.74) is 2.39. The smallest absolute Gasteiger partial charge is 0.241 e. The summed E-state index contributed by atoms with van der Waals surface area (Å²) in [6.45, 7) is 6.80. The van der Waals surface area contributed by atoms with Gasteiger partial charge in [0, 0.05) is 24.6 Å². The highest BCUT2D eigenvalue weighted by Gasteiger charge is 2.20. The molecule has 0 aliphatic carbocycles. The molecule has 0 fully saturated rings. The van der Waals surface area contributed by atoms with Gasteiger partial charge in [0.1, 0.15) is 11.6 Å². The number of hydrogen-bond acceptors (Lipinski definition) is 3. The molecule has 0 spiro atoms. The van der Waals surface area contributed by atoms with Gasteiger partial charge in [0.2, 0.25) is 15.9 Å². The molecule has 2 aromatic carbocycles. The van der Waals surface area contributed by atoms with Crippen LogP contribution in [-0.2, 0) is 14.8 Å². The minimum absolute atomic E-state index is 0.0977. The first-order valence-corrected chi connectivity index (χ1v) is 10.3. The third-order valence-corrected chi connectivity index (χ3v) is 6.09. The minimum Gasteiger partial charge on any atom is -0.349 e. The zero-order chi connectivity index (χ0) is 21.1. The molecule has 0 aromatic heterocycles. The van der Waals surface area contributed by atoms with Crippen molar-refractivity contribution in [1.29, 1.82) is 0 Å². The van der Waals surface area contributed by atoms with Crippen LogP contribution in [0.3, 0.4) is 0 Å². The summed E-state index contributed by atoms with van der Waals surface area (Å²) in [7, 11) is -3.76. The SMILES string of the molecule is Cc1cc(C)c(S(=O)(=O)NCCC(=O)NC(C)c2ccc(F)cc2F)c(C)c1. The molecule has 5 nitrogen and oxygen atoms in total. The van der Waals surface area contributed by atoms with Crippen LogP contribution in [-0.4, -0.2) is 20.9 Å². The van der Waals surface area contributed by atoms with Gasteiger partial charge in [-0.25, -0.2) is 21.9 Å². The average molecular weight is 410 g/mol. The number of carbonyl (C=O) groups is 1. The first kappa shape index (κ1) is 22.0. The number of halogens is 2. The van der Waals surface area contributed by atoms with E-state index in [1.165, 1.54) is 6.07 Å². The van der Waals surface area contributed by atoms with Gasteiger partial charge in [0.25, 0.3) is 0 Å². The van der Waals surface area contributed by atoms with Crippen molar-refractivity contribution in [3.63, 3.8) is 0 Å². The van der Waals surface area contributed by atoms with E-state index in [1.807, 2.05) is 6.92 Å². The Morgan fingerprint density at radius 3 is 2.25 bits per heavy atom. The van der Waals surface area contributed by atoms with E-state index in [2.05, 4.69) is 10.0 Å². The summed E-state index contributed by atoms with van der Waals surface area (Å²) in [5, 5.41) is 2.58. The van der Waals surface area contributed by atoms with Crippen molar-refractivity contribution in [2.75, 3.05) is 6.54 Å². The Hall–Kier alpha value is -2.32. The molecule has 152 valence electrons. The number of carbonyl (C=O) groups excluding carboxylic acids is 1. The molecule has 0 aliphatic rings. The second-order valence-electron chi connectivity index (χ2n) is 6.83. The molecule has 0 aliphatic heterocycles. The van der Waals surface area contributed by atoms with Crippen molar-refractivity contribution in [1.82, 2.24) is 10.0 Å². The molecule has 0 bridgehead atoms. The summed E-state index contributed by atoms with van der Waals surface area (Å²) in [5.74, 6) is -1.90. The fourth-order valence-corrected chi connectivity index (χ4v) is 4.69. The van der Waals surface area contributed by atoms with Gasteiger partial charge in [-0.15, -0.1) is 0 Å². The maximum atomic E-state index is 13.8. The standard InChI is InChI=1S/C20H24F2N2O3S/c1-12-9-13(2)20(14(3)10-12)28(26,27)23-8-7-19(25)24-15(4)17-6-5-16(21)11-18(17)22/h5-6,9-11,15,23H,7-8H2,1-4H3,(H,24,25). The van der Waals surface area contributed by atoms with Crippen LogP contribution in [0.4, 0.5) is 8.78 Å². The molecular formula is C20H24F2N2O3S. The number of amides is 1. The Bertz CT molecular complexity index is 968. The van der Waals surface area contributed by atoms with Crippen LogP contribution in [0.5, 0.6) is 0 Å². The Morgan fingerprint density at radius 2 is 1.68 bits per heavy atom. The van der Waals surface area contributed by atoms with Crippen LogP contribution in [0.2, 0.25) is 0 Å². The first-order chi connectivity index (χ1) is 13.0. The van der Waals surface area contributed by atoms with E-state index in [-0.39, 0.29) is 23.4 Å². The van der Waals surface area contributed by atoms with Crippen molar-refractivity contribution < 1.29 is 22.0 Å². The average Bonchev–Trinajstić information content (AvgIpc) is 2.52.